The van der Waals surface area contributed by atoms with Crippen molar-refractivity contribution in [2.75, 3.05) is 17.4 Å². The smallest absolute Gasteiger partial charge is 0.264 e. The van der Waals surface area contributed by atoms with Gasteiger partial charge in [-0.05, 0) is 74.2 Å². The van der Waals surface area contributed by atoms with Gasteiger partial charge in [0.25, 0.3) is 10.0 Å². The number of unbranched alkanes of at least 4 members (excludes halogenated alkanes) is 1. The molecule has 0 saturated heterocycles. The van der Waals surface area contributed by atoms with Crippen molar-refractivity contribution in [1.29, 1.82) is 0 Å². The zero-order valence-electron chi connectivity index (χ0n) is 27.2. The van der Waals surface area contributed by atoms with Crippen LogP contribution in [-0.2, 0) is 32.6 Å². The van der Waals surface area contributed by atoms with Crippen LogP contribution in [0.15, 0.2) is 95.9 Å². The Hall–Kier alpha value is -3.85. The Morgan fingerprint density at radius 2 is 1.47 bits per heavy atom. The molecule has 0 unspecified atom stereocenters. The average molecular weight is 695 g/mol. The number of anilines is 1. The van der Waals surface area contributed by atoms with Gasteiger partial charge in [0.2, 0.25) is 11.8 Å². The molecule has 2 amide bonds. The van der Waals surface area contributed by atoms with E-state index in [-0.39, 0.29) is 23.8 Å². The van der Waals surface area contributed by atoms with Gasteiger partial charge < -0.3 is 10.2 Å². The first-order valence-corrected chi connectivity index (χ1v) is 17.8. The second-order valence-corrected chi connectivity index (χ2v) is 14.3. The Kier molecular flexibility index (Phi) is 12.5. The number of sulfonamides is 1. The first-order valence-electron chi connectivity index (χ1n) is 15.6. The van der Waals surface area contributed by atoms with Crippen molar-refractivity contribution in [1.82, 2.24) is 10.2 Å². The molecule has 0 aromatic heterocycles. The molecule has 1 atom stereocenters. The van der Waals surface area contributed by atoms with Gasteiger partial charge in [-0.25, -0.2) is 8.42 Å². The zero-order chi connectivity index (χ0) is 34.1. The van der Waals surface area contributed by atoms with Crippen LogP contribution in [0, 0.1) is 20.8 Å². The summed E-state index contributed by atoms with van der Waals surface area (Å²) in [4.78, 5) is 30.1. The molecule has 0 heterocycles. The van der Waals surface area contributed by atoms with Crippen molar-refractivity contribution in [2.24, 2.45) is 0 Å². The fourth-order valence-corrected chi connectivity index (χ4v) is 7.26. The summed E-state index contributed by atoms with van der Waals surface area (Å²) in [5.74, 6) is -0.928. The molecule has 0 aliphatic carbocycles. The predicted octanol–water partition coefficient (Wildman–Crippen LogP) is 7.67. The number of benzene rings is 4. The van der Waals surface area contributed by atoms with Crippen molar-refractivity contribution in [2.45, 2.75) is 64.4 Å². The molecule has 4 aromatic rings. The lowest BCUT2D eigenvalue weighted by Gasteiger charge is -2.34. The fraction of sp³-hybridized carbons (Fsp3) is 0.297. The normalized spacial score (nSPS) is 12.0. The van der Waals surface area contributed by atoms with Gasteiger partial charge in [-0.1, -0.05) is 103 Å². The maximum atomic E-state index is 14.7. The van der Waals surface area contributed by atoms with Gasteiger partial charge in [0.15, 0.2) is 0 Å². The number of hydrogen-bond donors (Lipinski definition) is 1. The molecule has 248 valence electrons. The number of halogens is 2. The summed E-state index contributed by atoms with van der Waals surface area (Å²) in [7, 11) is -4.22. The molecule has 0 spiro atoms. The minimum Gasteiger partial charge on any atom is -0.354 e. The van der Waals surface area contributed by atoms with Crippen molar-refractivity contribution in [3.05, 3.63) is 129 Å². The van der Waals surface area contributed by atoms with E-state index in [1.54, 1.807) is 42.5 Å². The molecule has 0 aliphatic heterocycles. The van der Waals surface area contributed by atoms with Gasteiger partial charge in [0.1, 0.15) is 12.6 Å². The number of hydrogen-bond acceptors (Lipinski definition) is 4. The summed E-state index contributed by atoms with van der Waals surface area (Å²) in [5, 5.41) is 3.65. The summed E-state index contributed by atoms with van der Waals surface area (Å²) in [6, 6.07) is 25.3. The summed E-state index contributed by atoms with van der Waals surface area (Å²) in [5.41, 5.74) is 4.17. The third-order valence-electron chi connectivity index (χ3n) is 8.22. The SMILES string of the molecule is CCCCNC(=O)[C@@H](Cc1ccccc1)N(Cc1c(Cl)cccc1Cl)C(=O)CN(c1cccc(C)c1C)S(=O)(=O)c1ccc(C)cc1. The molecule has 47 heavy (non-hydrogen) atoms. The van der Waals surface area contributed by atoms with Crippen LogP contribution in [0.3, 0.4) is 0 Å². The van der Waals surface area contributed by atoms with E-state index in [1.165, 1.54) is 17.0 Å². The van der Waals surface area contributed by atoms with Crippen LogP contribution in [-0.4, -0.2) is 44.3 Å². The zero-order valence-corrected chi connectivity index (χ0v) is 29.5. The molecule has 4 rings (SSSR count). The topological polar surface area (TPSA) is 86.8 Å². The number of nitrogens with zero attached hydrogens (tertiary/aromatic N) is 2. The Morgan fingerprint density at radius 1 is 0.830 bits per heavy atom. The van der Waals surface area contributed by atoms with E-state index in [2.05, 4.69) is 5.32 Å². The van der Waals surface area contributed by atoms with E-state index in [9.17, 15) is 18.0 Å². The summed E-state index contributed by atoms with van der Waals surface area (Å²) < 4.78 is 29.8. The highest BCUT2D eigenvalue weighted by molar-refractivity contribution is 7.92. The van der Waals surface area contributed by atoms with E-state index < -0.39 is 28.5 Å². The lowest BCUT2D eigenvalue weighted by molar-refractivity contribution is -0.140. The van der Waals surface area contributed by atoms with Gasteiger partial charge in [0.05, 0.1) is 10.6 Å². The molecular formula is C37H41Cl2N3O4S. The highest BCUT2D eigenvalue weighted by Gasteiger charge is 2.35. The molecule has 0 aliphatic rings. The van der Waals surface area contributed by atoms with Gasteiger partial charge in [-0.2, -0.15) is 0 Å². The average Bonchev–Trinajstić information content (AvgIpc) is 3.05. The van der Waals surface area contributed by atoms with Gasteiger partial charge in [-0.15, -0.1) is 0 Å². The molecule has 10 heteroatoms. The highest BCUT2D eigenvalue weighted by Crippen LogP contribution is 2.31. The largest absolute Gasteiger partial charge is 0.354 e. The fourth-order valence-electron chi connectivity index (χ4n) is 5.27. The number of nitrogens with one attached hydrogen (secondary N) is 1. The lowest BCUT2D eigenvalue weighted by Crippen LogP contribution is -2.53. The third kappa shape index (κ3) is 8.95. The molecular weight excluding hydrogens is 653 g/mol. The van der Waals surface area contributed by atoms with Crippen LogP contribution in [0.1, 0.15) is 47.6 Å². The van der Waals surface area contributed by atoms with Gasteiger partial charge in [-0.3, -0.25) is 13.9 Å². The molecule has 0 bridgehead atoms. The minimum absolute atomic E-state index is 0.0515. The van der Waals surface area contributed by atoms with Gasteiger partial charge in [0, 0.05) is 35.1 Å². The number of carbonyl (C=O) groups is 2. The molecule has 1 N–H and O–H groups in total. The first kappa shape index (κ1) is 36.0. The summed E-state index contributed by atoms with van der Waals surface area (Å²) in [6.45, 7) is 7.38. The van der Waals surface area contributed by atoms with E-state index in [1.807, 2.05) is 64.1 Å². The summed E-state index contributed by atoms with van der Waals surface area (Å²) >= 11 is 13.2. The third-order valence-corrected chi connectivity index (χ3v) is 10.7. The van der Waals surface area contributed by atoms with E-state index in [0.717, 1.165) is 39.4 Å². The molecule has 4 aromatic carbocycles. The second-order valence-electron chi connectivity index (χ2n) is 11.6. The Labute approximate surface area is 288 Å². The van der Waals surface area contributed by atoms with Crippen molar-refractivity contribution in [3.8, 4) is 0 Å². The van der Waals surface area contributed by atoms with Crippen molar-refractivity contribution < 1.29 is 18.0 Å². The number of carbonyl (C=O) groups excluding carboxylic acids is 2. The van der Waals surface area contributed by atoms with Crippen LogP contribution in [0.2, 0.25) is 10.0 Å². The van der Waals surface area contributed by atoms with E-state index in [0.29, 0.717) is 27.8 Å². The van der Waals surface area contributed by atoms with E-state index in [4.69, 9.17) is 23.2 Å². The first-order chi connectivity index (χ1) is 22.4. The minimum atomic E-state index is -4.22. The molecule has 0 saturated carbocycles. The lowest BCUT2D eigenvalue weighted by atomic mass is 10.0. The number of amides is 2. The monoisotopic (exact) mass is 693 g/mol. The second kappa shape index (κ2) is 16.3. The maximum absolute atomic E-state index is 14.7. The molecule has 0 fully saturated rings. The molecule has 0 radical (unpaired) electrons. The van der Waals surface area contributed by atoms with Gasteiger partial charge >= 0.3 is 0 Å². The maximum Gasteiger partial charge on any atom is 0.264 e. The Balaban J connectivity index is 1.85. The van der Waals surface area contributed by atoms with Crippen LogP contribution in [0.4, 0.5) is 5.69 Å². The van der Waals surface area contributed by atoms with Crippen LogP contribution >= 0.6 is 23.2 Å². The Bertz CT molecular complexity index is 1780. The van der Waals surface area contributed by atoms with Crippen LogP contribution < -0.4 is 9.62 Å². The quantitative estimate of drug-likeness (QED) is 0.137. The highest BCUT2D eigenvalue weighted by atomic mass is 35.5. The van der Waals surface area contributed by atoms with Crippen molar-refractivity contribution >= 4 is 50.7 Å². The molecule has 7 nitrogen and oxygen atoms in total. The van der Waals surface area contributed by atoms with Crippen LogP contribution in [0.5, 0.6) is 0 Å². The number of aryl methyl sites for hydroxylation is 2. The number of rotatable bonds is 14. The van der Waals surface area contributed by atoms with Crippen molar-refractivity contribution in [3.63, 3.8) is 0 Å². The van der Waals surface area contributed by atoms with E-state index >= 15 is 0 Å². The van der Waals surface area contributed by atoms with Crippen LogP contribution in [0.25, 0.3) is 0 Å². The Morgan fingerprint density at radius 3 is 2.11 bits per heavy atom. The predicted molar refractivity (Wildman–Crippen MR) is 190 cm³/mol. The standard InChI is InChI=1S/C37H41Cl2N3O4S/c1-5-6-22-40-37(44)35(23-29-13-8-7-9-14-29)41(24-31-32(38)15-11-16-33(31)39)36(43)25-42(34-17-10-12-27(3)28(34)4)47(45,46)30-20-18-26(2)19-21-30/h7-21,35H,5-6,22-25H2,1-4H3,(H,40,44)/t35-/m1/s1. The summed E-state index contributed by atoms with van der Waals surface area (Å²) in [6.07, 6.45) is 1.84.